The highest BCUT2D eigenvalue weighted by Gasteiger charge is 2.50. The van der Waals surface area contributed by atoms with Gasteiger partial charge in [0, 0.05) is 17.8 Å². The van der Waals surface area contributed by atoms with E-state index in [2.05, 4.69) is 5.10 Å². The summed E-state index contributed by atoms with van der Waals surface area (Å²) in [5.74, 6) is -1.27. The maximum Gasteiger partial charge on any atom is 0.326 e. The Hall–Kier alpha value is -2.70. The molecule has 2 aromatic rings. The Morgan fingerprint density at radius 3 is 2.76 bits per heavy atom. The predicted octanol–water partition coefficient (Wildman–Crippen LogP) is 3.22. The molecule has 2 fully saturated rings. The van der Waals surface area contributed by atoms with Crippen molar-refractivity contribution in [1.29, 1.82) is 0 Å². The zero-order valence-electron chi connectivity index (χ0n) is 16.2. The van der Waals surface area contributed by atoms with E-state index in [1.807, 2.05) is 0 Å². The highest BCUT2D eigenvalue weighted by atomic mass is 19.1. The second-order valence-corrected chi connectivity index (χ2v) is 8.47. The minimum absolute atomic E-state index is 0.0394. The second kappa shape index (κ2) is 6.97. The van der Waals surface area contributed by atoms with Gasteiger partial charge in [0.25, 0.3) is 5.91 Å². The first-order valence-corrected chi connectivity index (χ1v) is 10.4. The number of carboxylic acid groups (broad SMARTS) is 1. The van der Waals surface area contributed by atoms with Gasteiger partial charge in [-0.25, -0.2) is 13.9 Å². The normalized spacial score (nSPS) is 25.7. The van der Waals surface area contributed by atoms with Crippen LogP contribution in [0.25, 0.3) is 5.69 Å². The third kappa shape index (κ3) is 2.94. The van der Waals surface area contributed by atoms with Gasteiger partial charge >= 0.3 is 5.97 Å². The SMILES string of the molecule is O=C(O)C1C2CCCC2CN1C(=O)c1nn(-c2cccc(F)c2)c2c1CCCC2. The van der Waals surface area contributed by atoms with Crippen molar-refractivity contribution in [1.82, 2.24) is 14.7 Å². The number of nitrogens with zero attached hydrogens (tertiary/aromatic N) is 3. The summed E-state index contributed by atoms with van der Waals surface area (Å²) in [7, 11) is 0. The van der Waals surface area contributed by atoms with Crippen LogP contribution in [-0.4, -0.2) is 44.3 Å². The van der Waals surface area contributed by atoms with Crippen molar-refractivity contribution in [3.8, 4) is 5.69 Å². The fourth-order valence-electron chi connectivity index (χ4n) is 5.56. The van der Waals surface area contributed by atoms with E-state index in [1.165, 1.54) is 17.0 Å². The van der Waals surface area contributed by atoms with Crippen molar-refractivity contribution in [2.75, 3.05) is 6.54 Å². The molecule has 2 heterocycles. The lowest BCUT2D eigenvalue weighted by Crippen LogP contribution is -2.43. The van der Waals surface area contributed by atoms with E-state index in [0.29, 0.717) is 17.9 Å². The van der Waals surface area contributed by atoms with Crippen LogP contribution in [0.2, 0.25) is 0 Å². The van der Waals surface area contributed by atoms with Crippen LogP contribution in [0.1, 0.15) is 53.8 Å². The summed E-state index contributed by atoms with van der Waals surface area (Å²) in [5, 5.41) is 14.4. The summed E-state index contributed by atoms with van der Waals surface area (Å²) < 4.78 is 15.5. The topological polar surface area (TPSA) is 75.4 Å². The van der Waals surface area contributed by atoms with E-state index >= 15 is 0 Å². The Balaban J connectivity index is 1.56. The van der Waals surface area contributed by atoms with Crippen LogP contribution >= 0.6 is 0 Å². The molecule has 3 unspecified atom stereocenters. The van der Waals surface area contributed by atoms with Gasteiger partial charge < -0.3 is 10.0 Å². The summed E-state index contributed by atoms with van der Waals surface area (Å²) in [4.78, 5) is 27.0. The van der Waals surface area contributed by atoms with Gasteiger partial charge in [-0.05, 0) is 68.6 Å². The molecule has 3 atom stereocenters. The number of halogens is 1. The zero-order chi connectivity index (χ0) is 20.1. The molecule has 3 aliphatic rings. The molecule has 0 spiro atoms. The lowest BCUT2D eigenvalue weighted by Gasteiger charge is -2.24. The van der Waals surface area contributed by atoms with Crippen LogP contribution < -0.4 is 0 Å². The first kappa shape index (κ1) is 18.3. The van der Waals surface area contributed by atoms with Crippen LogP contribution in [0.15, 0.2) is 24.3 Å². The number of carboxylic acids is 1. The number of likely N-dealkylation sites (tertiary alicyclic amines) is 1. The minimum Gasteiger partial charge on any atom is -0.480 e. The first-order valence-electron chi connectivity index (χ1n) is 10.4. The largest absolute Gasteiger partial charge is 0.480 e. The Kier molecular flexibility index (Phi) is 4.41. The Morgan fingerprint density at radius 2 is 1.97 bits per heavy atom. The zero-order valence-corrected chi connectivity index (χ0v) is 16.2. The molecule has 2 aliphatic carbocycles. The van der Waals surface area contributed by atoms with Crippen molar-refractivity contribution in [3.63, 3.8) is 0 Å². The summed E-state index contributed by atoms with van der Waals surface area (Å²) in [6, 6.07) is 5.43. The molecule has 152 valence electrons. The molecule has 1 aromatic heterocycles. The van der Waals surface area contributed by atoms with Crippen LogP contribution in [0.3, 0.4) is 0 Å². The molecule has 6 nitrogen and oxygen atoms in total. The van der Waals surface area contributed by atoms with E-state index < -0.39 is 12.0 Å². The van der Waals surface area contributed by atoms with Crippen LogP contribution in [0.4, 0.5) is 4.39 Å². The number of hydrogen-bond donors (Lipinski definition) is 1. The second-order valence-electron chi connectivity index (χ2n) is 8.47. The van der Waals surface area contributed by atoms with Gasteiger partial charge in [-0.15, -0.1) is 0 Å². The van der Waals surface area contributed by atoms with Crippen molar-refractivity contribution in [2.45, 2.75) is 51.0 Å². The third-order valence-corrected chi connectivity index (χ3v) is 6.84. The quantitative estimate of drug-likeness (QED) is 0.863. The molecule has 0 radical (unpaired) electrons. The van der Waals surface area contributed by atoms with Crippen LogP contribution in [0.5, 0.6) is 0 Å². The third-order valence-electron chi connectivity index (χ3n) is 6.84. The first-order chi connectivity index (χ1) is 14.0. The van der Waals surface area contributed by atoms with Crippen molar-refractivity contribution in [2.24, 2.45) is 11.8 Å². The van der Waals surface area contributed by atoms with Gasteiger partial charge in [0.1, 0.15) is 11.9 Å². The number of carbonyl (C=O) groups excluding carboxylic acids is 1. The number of benzene rings is 1. The number of amides is 1. The van der Waals surface area contributed by atoms with Gasteiger partial charge in [-0.2, -0.15) is 5.10 Å². The Morgan fingerprint density at radius 1 is 1.14 bits per heavy atom. The molecule has 1 N–H and O–H groups in total. The summed E-state index contributed by atoms with van der Waals surface area (Å²) in [5.41, 5.74) is 2.77. The molecule has 5 rings (SSSR count). The van der Waals surface area contributed by atoms with Gasteiger partial charge in [0.15, 0.2) is 5.69 Å². The Bertz CT molecular complexity index is 986. The predicted molar refractivity (Wildman–Crippen MR) is 103 cm³/mol. The molecule has 1 saturated carbocycles. The van der Waals surface area contributed by atoms with E-state index in [9.17, 15) is 19.1 Å². The lowest BCUT2D eigenvalue weighted by molar-refractivity contribution is -0.142. The monoisotopic (exact) mass is 397 g/mol. The van der Waals surface area contributed by atoms with Crippen LogP contribution in [0, 0.1) is 17.7 Å². The van der Waals surface area contributed by atoms with E-state index in [-0.39, 0.29) is 23.6 Å². The van der Waals surface area contributed by atoms with Gasteiger partial charge in [0.2, 0.25) is 0 Å². The maximum atomic E-state index is 13.8. The molecule has 1 aromatic carbocycles. The maximum absolute atomic E-state index is 13.8. The van der Waals surface area contributed by atoms with E-state index in [1.54, 1.807) is 16.8 Å². The fourth-order valence-corrected chi connectivity index (χ4v) is 5.56. The van der Waals surface area contributed by atoms with Gasteiger partial charge in [0.05, 0.1) is 5.69 Å². The summed E-state index contributed by atoms with van der Waals surface area (Å²) in [6.07, 6.45) is 6.35. The molecular formula is C22H24FN3O3. The van der Waals surface area contributed by atoms with Gasteiger partial charge in [-0.1, -0.05) is 12.5 Å². The molecule has 7 heteroatoms. The summed E-state index contributed by atoms with van der Waals surface area (Å²) >= 11 is 0. The van der Waals surface area contributed by atoms with Crippen molar-refractivity contribution in [3.05, 3.63) is 47.0 Å². The number of carbonyl (C=O) groups is 2. The Labute approximate surface area is 168 Å². The molecule has 1 amide bonds. The molecule has 29 heavy (non-hydrogen) atoms. The van der Waals surface area contributed by atoms with Crippen LogP contribution in [-0.2, 0) is 17.6 Å². The number of rotatable bonds is 3. The smallest absolute Gasteiger partial charge is 0.326 e. The molecule has 1 aliphatic heterocycles. The highest BCUT2D eigenvalue weighted by Crippen LogP contribution is 2.43. The van der Waals surface area contributed by atoms with Crippen molar-refractivity contribution >= 4 is 11.9 Å². The molecular weight excluding hydrogens is 373 g/mol. The average Bonchev–Trinajstić information content (AvgIpc) is 3.39. The fraction of sp³-hybridized carbons (Fsp3) is 0.500. The average molecular weight is 397 g/mol. The van der Waals surface area contributed by atoms with Gasteiger partial charge in [-0.3, -0.25) is 4.79 Å². The number of hydrogen-bond acceptors (Lipinski definition) is 3. The van der Waals surface area contributed by atoms with E-state index in [0.717, 1.165) is 56.2 Å². The highest BCUT2D eigenvalue weighted by molar-refractivity contribution is 5.97. The minimum atomic E-state index is -0.925. The number of aromatic nitrogens is 2. The molecule has 1 saturated heterocycles. The number of fused-ring (bicyclic) bond motifs is 2. The van der Waals surface area contributed by atoms with E-state index in [4.69, 9.17) is 0 Å². The number of aliphatic carboxylic acids is 1. The van der Waals surface area contributed by atoms with Crippen molar-refractivity contribution < 1.29 is 19.1 Å². The standard InChI is InChI=1S/C22H24FN3O3/c23-14-6-4-7-15(11-14)26-18-10-2-1-8-17(18)19(24-26)21(27)25-12-13-5-3-9-16(13)20(25)22(28)29/h4,6-7,11,13,16,20H,1-3,5,8-10,12H2,(H,28,29). The lowest BCUT2D eigenvalue weighted by atomic mass is 9.93. The summed E-state index contributed by atoms with van der Waals surface area (Å²) in [6.45, 7) is 0.488. The molecule has 0 bridgehead atoms.